The first-order chi connectivity index (χ1) is 11.8. The summed E-state index contributed by atoms with van der Waals surface area (Å²) in [6.45, 7) is 4.17. The summed E-state index contributed by atoms with van der Waals surface area (Å²) in [5, 5.41) is 2.79. The Morgan fingerprint density at radius 2 is 1.80 bits per heavy atom. The lowest BCUT2D eigenvalue weighted by atomic mass is 10.1. The van der Waals surface area contributed by atoms with Crippen LogP contribution in [0.4, 0.5) is 4.39 Å². The Hall–Kier alpha value is -2.40. The summed E-state index contributed by atoms with van der Waals surface area (Å²) in [6, 6.07) is 10.8. The molecule has 0 radical (unpaired) electrons. The third-order valence-corrected chi connectivity index (χ3v) is 4.24. The highest BCUT2D eigenvalue weighted by molar-refractivity contribution is 6.33. The Bertz CT molecular complexity index is 775. The summed E-state index contributed by atoms with van der Waals surface area (Å²) >= 11 is 5.87. The Kier molecular flexibility index (Phi) is 6.15. The van der Waals surface area contributed by atoms with Crippen LogP contribution in [-0.2, 0) is 6.54 Å². The highest BCUT2D eigenvalue weighted by Crippen LogP contribution is 2.17. The van der Waals surface area contributed by atoms with Gasteiger partial charge in [0.15, 0.2) is 0 Å². The molecule has 4 nitrogen and oxygen atoms in total. The molecule has 1 N–H and O–H groups in total. The van der Waals surface area contributed by atoms with Crippen LogP contribution in [0.3, 0.4) is 0 Å². The maximum Gasteiger partial charge on any atom is 0.253 e. The number of nitrogens with zero attached hydrogens (tertiary/aromatic N) is 1. The highest BCUT2D eigenvalue weighted by atomic mass is 35.5. The average Bonchev–Trinajstić information content (AvgIpc) is 2.58. The Morgan fingerprint density at radius 3 is 2.36 bits per heavy atom. The molecule has 6 heteroatoms. The van der Waals surface area contributed by atoms with Crippen molar-refractivity contribution in [3.05, 3.63) is 70.0 Å². The predicted octanol–water partition coefficient (Wildman–Crippen LogP) is 3.89. The molecule has 0 aromatic heterocycles. The molecule has 132 valence electrons. The molecule has 2 amide bonds. The lowest BCUT2D eigenvalue weighted by Gasteiger charge is -2.21. The summed E-state index contributed by atoms with van der Waals surface area (Å²) in [7, 11) is 1.76. The molecular weight excluding hydrogens is 343 g/mol. The van der Waals surface area contributed by atoms with Crippen molar-refractivity contribution in [2.75, 3.05) is 7.05 Å². The third-order valence-electron chi connectivity index (χ3n) is 3.92. The Balaban J connectivity index is 2.00. The van der Waals surface area contributed by atoms with E-state index in [4.69, 9.17) is 11.6 Å². The molecular formula is C19H20ClFN2O2. The number of amides is 2. The van der Waals surface area contributed by atoms with Crippen LogP contribution in [0, 0.1) is 5.82 Å². The minimum atomic E-state index is -0.492. The second-order valence-corrected chi connectivity index (χ2v) is 6.42. The van der Waals surface area contributed by atoms with Gasteiger partial charge in [-0.25, -0.2) is 4.39 Å². The SMILES string of the molecule is CC(C)N(C)C(=O)c1ccc(CNC(=O)c2ccc(F)cc2Cl)cc1. The normalized spacial score (nSPS) is 10.6. The first-order valence-corrected chi connectivity index (χ1v) is 8.26. The molecule has 2 aromatic rings. The molecule has 0 aliphatic carbocycles. The topological polar surface area (TPSA) is 49.4 Å². The number of hydrogen-bond donors (Lipinski definition) is 1. The van der Waals surface area contributed by atoms with Crippen molar-refractivity contribution in [2.45, 2.75) is 26.4 Å². The standard InChI is InChI=1S/C19H20ClFN2O2/c1-12(2)23(3)19(25)14-6-4-13(5-7-14)11-22-18(24)16-9-8-15(21)10-17(16)20/h4-10,12H,11H2,1-3H3,(H,22,24). The number of halogens is 2. The van der Waals surface area contributed by atoms with E-state index >= 15 is 0 Å². The van der Waals surface area contributed by atoms with Crippen LogP contribution in [0.2, 0.25) is 5.02 Å². The molecule has 0 aliphatic rings. The molecule has 0 aliphatic heterocycles. The quantitative estimate of drug-likeness (QED) is 0.877. The van der Waals surface area contributed by atoms with Gasteiger partial charge in [0.25, 0.3) is 11.8 Å². The molecule has 2 aromatic carbocycles. The van der Waals surface area contributed by atoms with Crippen LogP contribution in [-0.4, -0.2) is 29.8 Å². The van der Waals surface area contributed by atoms with Gasteiger partial charge >= 0.3 is 0 Å². The Morgan fingerprint density at radius 1 is 1.16 bits per heavy atom. The summed E-state index contributed by atoms with van der Waals surface area (Å²) in [5.74, 6) is -0.929. The lowest BCUT2D eigenvalue weighted by Crippen LogP contribution is -2.32. The molecule has 0 saturated carbocycles. The van der Waals surface area contributed by atoms with Crippen molar-refractivity contribution in [1.82, 2.24) is 10.2 Å². The zero-order valence-corrected chi connectivity index (χ0v) is 15.1. The van der Waals surface area contributed by atoms with Gasteiger partial charge in [0.1, 0.15) is 5.82 Å². The van der Waals surface area contributed by atoms with Crippen molar-refractivity contribution in [2.24, 2.45) is 0 Å². The van der Waals surface area contributed by atoms with Crippen molar-refractivity contribution in [1.29, 1.82) is 0 Å². The van der Waals surface area contributed by atoms with Gasteiger partial charge in [-0.15, -0.1) is 0 Å². The van der Waals surface area contributed by atoms with Crippen molar-refractivity contribution in [3.63, 3.8) is 0 Å². The number of hydrogen-bond acceptors (Lipinski definition) is 2. The van der Waals surface area contributed by atoms with Gasteiger partial charge in [-0.2, -0.15) is 0 Å². The summed E-state index contributed by atoms with van der Waals surface area (Å²) in [6.07, 6.45) is 0. The zero-order valence-electron chi connectivity index (χ0n) is 14.3. The average molecular weight is 363 g/mol. The lowest BCUT2D eigenvalue weighted by molar-refractivity contribution is 0.0754. The van der Waals surface area contributed by atoms with Crippen molar-refractivity contribution >= 4 is 23.4 Å². The minimum Gasteiger partial charge on any atom is -0.348 e. The number of rotatable bonds is 5. The van der Waals surface area contributed by atoms with Crippen LogP contribution >= 0.6 is 11.6 Å². The molecule has 2 rings (SSSR count). The van der Waals surface area contributed by atoms with Gasteiger partial charge in [0.2, 0.25) is 0 Å². The number of carbonyl (C=O) groups is 2. The van der Waals surface area contributed by atoms with E-state index in [1.165, 1.54) is 12.1 Å². The molecule has 0 saturated heterocycles. The maximum atomic E-state index is 13.0. The third kappa shape index (κ3) is 4.79. The van der Waals surface area contributed by atoms with E-state index in [0.717, 1.165) is 11.6 Å². The van der Waals surface area contributed by atoms with Crippen LogP contribution < -0.4 is 5.32 Å². The second kappa shape index (κ2) is 8.12. The monoisotopic (exact) mass is 362 g/mol. The molecule has 25 heavy (non-hydrogen) atoms. The van der Waals surface area contributed by atoms with E-state index in [-0.39, 0.29) is 35.0 Å². The first kappa shape index (κ1) is 18.9. The van der Waals surface area contributed by atoms with E-state index in [0.29, 0.717) is 5.56 Å². The number of carbonyl (C=O) groups excluding carboxylic acids is 2. The van der Waals surface area contributed by atoms with Gasteiger partial charge < -0.3 is 10.2 Å². The largest absolute Gasteiger partial charge is 0.348 e. The summed E-state index contributed by atoms with van der Waals surface area (Å²) < 4.78 is 13.0. The first-order valence-electron chi connectivity index (χ1n) is 7.89. The van der Waals surface area contributed by atoms with E-state index in [1.807, 2.05) is 13.8 Å². The van der Waals surface area contributed by atoms with Gasteiger partial charge in [-0.1, -0.05) is 23.7 Å². The number of benzene rings is 2. The Labute approximate surface area is 151 Å². The van der Waals surface area contributed by atoms with Crippen LogP contribution in [0.1, 0.15) is 40.1 Å². The van der Waals surface area contributed by atoms with E-state index in [2.05, 4.69) is 5.32 Å². The van der Waals surface area contributed by atoms with Gasteiger partial charge in [-0.05, 0) is 49.7 Å². The molecule has 0 heterocycles. The van der Waals surface area contributed by atoms with Crippen molar-refractivity contribution < 1.29 is 14.0 Å². The fraction of sp³-hybridized carbons (Fsp3) is 0.263. The molecule has 0 atom stereocenters. The van der Waals surface area contributed by atoms with Crippen LogP contribution in [0.5, 0.6) is 0 Å². The van der Waals surface area contributed by atoms with Crippen molar-refractivity contribution in [3.8, 4) is 0 Å². The summed E-state index contributed by atoms with van der Waals surface area (Å²) in [5.41, 5.74) is 1.65. The fourth-order valence-corrected chi connectivity index (χ4v) is 2.41. The summed E-state index contributed by atoms with van der Waals surface area (Å²) in [4.78, 5) is 26.0. The predicted molar refractivity (Wildman–Crippen MR) is 96.3 cm³/mol. The minimum absolute atomic E-state index is 0.0521. The molecule has 0 bridgehead atoms. The van der Waals surface area contributed by atoms with Crippen LogP contribution in [0.15, 0.2) is 42.5 Å². The second-order valence-electron chi connectivity index (χ2n) is 6.01. The molecule has 0 fully saturated rings. The maximum absolute atomic E-state index is 13.0. The van der Waals surface area contributed by atoms with E-state index < -0.39 is 5.82 Å². The van der Waals surface area contributed by atoms with E-state index in [9.17, 15) is 14.0 Å². The zero-order chi connectivity index (χ0) is 18.6. The van der Waals surface area contributed by atoms with Gasteiger partial charge in [0, 0.05) is 25.2 Å². The number of nitrogens with one attached hydrogen (secondary N) is 1. The van der Waals surface area contributed by atoms with Gasteiger partial charge in [-0.3, -0.25) is 9.59 Å². The smallest absolute Gasteiger partial charge is 0.253 e. The molecule has 0 spiro atoms. The van der Waals surface area contributed by atoms with Crippen LogP contribution in [0.25, 0.3) is 0 Å². The highest BCUT2D eigenvalue weighted by Gasteiger charge is 2.14. The van der Waals surface area contributed by atoms with Gasteiger partial charge in [0.05, 0.1) is 10.6 Å². The van der Waals surface area contributed by atoms with E-state index in [1.54, 1.807) is 36.2 Å². The molecule has 0 unspecified atom stereocenters. The fourth-order valence-electron chi connectivity index (χ4n) is 2.15.